The molecule has 1 aromatic carbocycles. The van der Waals surface area contributed by atoms with Gasteiger partial charge in [0.05, 0.1) is 35.0 Å². The molecule has 0 aliphatic heterocycles. The fourth-order valence-electron chi connectivity index (χ4n) is 4.55. The summed E-state index contributed by atoms with van der Waals surface area (Å²) in [7, 11) is 0. The Kier molecular flexibility index (Phi) is 4.81. The van der Waals surface area contributed by atoms with Gasteiger partial charge in [0.25, 0.3) is 0 Å². The van der Waals surface area contributed by atoms with Crippen LogP contribution in [0.15, 0.2) is 73.3 Å². The number of nitrogens with zero attached hydrogens (tertiary/aromatic N) is 4. The Bertz CT molecular complexity index is 1800. The second kappa shape index (κ2) is 8.34. The van der Waals surface area contributed by atoms with Crippen molar-refractivity contribution in [3.63, 3.8) is 0 Å². The van der Waals surface area contributed by atoms with Crippen LogP contribution >= 0.6 is 0 Å². The summed E-state index contributed by atoms with van der Waals surface area (Å²) in [5.41, 5.74) is 7.03. The lowest BCUT2D eigenvalue weighted by Crippen LogP contribution is -2.13. The van der Waals surface area contributed by atoms with Crippen LogP contribution in [-0.2, 0) is 4.79 Å². The number of nitrogens with one attached hydrogen (secondary N) is 3. The maximum absolute atomic E-state index is 13.5. The van der Waals surface area contributed by atoms with Crippen LogP contribution < -0.4 is 5.32 Å². The van der Waals surface area contributed by atoms with Crippen molar-refractivity contribution in [2.75, 3.05) is 5.32 Å². The van der Waals surface area contributed by atoms with Gasteiger partial charge in [-0.2, -0.15) is 5.10 Å². The number of rotatable bonds is 5. The first-order chi connectivity index (χ1) is 18.1. The van der Waals surface area contributed by atoms with E-state index in [0.717, 1.165) is 57.2 Å². The van der Waals surface area contributed by atoms with Gasteiger partial charge in [0.2, 0.25) is 5.91 Å². The number of hydrogen-bond donors (Lipinski definition) is 3. The third-order valence-electron chi connectivity index (χ3n) is 6.64. The number of amides is 1. The Labute approximate surface area is 210 Å². The molecule has 0 saturated heterocycles. The first kappa shape index (κ1) is 21.4. The lowest BCUT2D eigenvalue weighted by atomic mass is 10.0. The first-order valence-electron chi connectivity index (χ1n) is 12.0. The number of fused-ring (bicyclic) bond motifs is 2. The molecule has 1 fully saturated rings. The van der Waals surface area contributed by atoms with Crippen molar-refractivity contribution in [1.29, 1.82) is 0 Å². The second-order valence-electron chi connectivity index (χ2n) is 9.22. The number of carbonyl (C=O) groups excluding carboxylic acids is 1. The number of anilines is 1. The van der Waals surface area contributed by atoms with Crippen molar-refractivity contribution in [2.24, 2.45) is 5.92 Å². The summed E-state index contributed by atoms with van der Waals surface area (Å²) < 4.78 is 13.5. The average Bonchev–Trinajstić information content (AvgIpc) is 3.55. The van der Waals surface area contributed by atoms with E-state index in [0.29, 0.717) is 17.0 Å². The molecule has 3 N–H and O–H groups in total. The Hall–Kier alpha value is -4.92. The molecule has 1 aliphatic carbocycles. The van der Waals surface area contributed by atoms with Crippen molar-refractivity contribution < 1.29 is 9.18 Å². The summed E-state index contributed by atoms with van der Waals surface area (Å²) in [6.45, 7) is 0. The molecular formula is C28H20FN7O. The van der Waals surface area contributed by atoms with E-state index in [1.54, 1.807) is 36.9 Å². The number of halogens is 1. The predicted molar refractivity (Wildman–Crippen MR) is 139 cm³/mol. The molecule has 0 bridgehead atoms. The van der Waals surface area contributed by atoms with Gasteiger partial charge in [0.1, 0.15) is 17.2 Å². The van der Waals surface area contributed by atoms with Crippen LogP contribution in [0.1, 0.15) is 12.8 Å². The molecule has 5 heterocycles. The van der Waals surface area contributed by atoms with E-state index >= 15 is 0 Å². The molecule has 7 rings (SSSR count). The first-order valence-corrected chi connectivity index (χ1v) is 12.0. The minimum atomic E-state index is -0.276. The zero-order valence-electron chi connectivity index (χ0n) is 19.5. The smallest absolute Gasteiger partial charge is 0.227 e. The number of carbonyl (C=O) groups is 1. The maximum atomic E-state index is 13.5. The van der Waals surface area contributed by atoms with Crippen LogP contribution in [0.5, 0.6) is 0 Å². The van der Waals surface area contributed by atoms with Gasteiger partial charge in [-0.3, -0.25) is 19.9 Å². The summed E-state index contributed by atoms with van der Waals surface area (Å²) in [5.74, 6) is -0.129. The highest BCUT2D eigenvalue weighted by molar-refractivity contribution is 6.00. The summed E-state index contributed by atoms with van der Waals surface area (Å²) in [5, 5.41) is 12.3. The Balaban J connectivity index is 1.28. The molecule has 180 valence electrons. The van der Waals surface area contributed by atoms with Crippen LogP contribution in [0.2, 0.25) is 0 Å². The van der Waals surface area contributed by atoms with E-state index in [2.05, 4.69) is 35.5 Å². The van der Waals surface area contributed by atoms with Gasteiger partial charge in [-0.1, -0.05) is 12.1 Å². The predicted octanol–water partition coefficient (Wildman–Crippen LogP) is 5.72. The van der Waals surface area contributed by atoms with Crippen molar-refractivity contribution in [1.82, 2.24) is 30.1 Å². The summed E-state index contributed by atoms with van der Waals surface area (Å²) >= 11 is 0. The molecule has 1 saturated carbocycles. The molecule has 8 nitrogen and oxygen atoms in total. The molecule has 37 heavy (non-hydrogen) atoms. The highest BCUT2D eigenvalue weighted by atomic mass is 19.1. The lowest BCUT2D eigenvalue weighted by molar-refractivity contribution is -0.117. The maximum Gasteiger partial charge on any atom is 0.227 e. The van der Waals surface area contributed by atoms with E-state index < -0.39 is 0 Å². The van der Waals surface area contributed by atoms with Crippen molar-refractivity contribution >= 4 is 33.5 Å². The van der Waals surface area contributed by atoms with Crippen molar-refractivity contribution in [3.8, 4) is 33.8 Å². The van der Waals surface area contributed by atoms with Gasteiger partial charge >= 0.3 is 0 Å². The highest BCUT2D eigenvalue weighted by Gasteiger charge is 2.29. The van der Waals surface area contributed by atoms with Crippen LogP contribution in [-0.4, -0.2) is 36.0 Å². The minimum absolute atomic E-state index is 0.0342. The second-order valence-corrected chi connectivity index (χ2v) is 9.22. The number of hydrogen-bond acceptors (Lipinski definition) is 5. The van der Waals surface area contributed by atoms with Crippen LogP contribution in [0, 0.1) is 11.7 Å². The molecule has 5 aromatic heterocycles. The highest BCUT2D eigenvalue weighted by Crippen LogP contribution is 2.34. The molecule has 6 aromatic rings. The van der Waals surface area contributed by atoms with E-state index in [9.17, 15) is 9.18 Å². The number of aromatic amines is 2. The monoisotopic (exact) mass is 489 g/mol. The number of aromatic nitrogens is 6. The van der Waals surface area contributed by atoms with Crippen molar-refractivity contribution in [2.45, 2.75) is 12.8 Å². The van der Waals surface area contributed by atoms with Gasteiger partial charge in [0.15, 0.2) is 0 Å². The van der Waals surface area contributed by atoms with Crippen molar-refractivity contribution in [3.05, 3.63) is 79.1 Å². The number of pyridine rings is 3. The van der Waals surface area contributed by atoms with Gasteiger partial charge in [-0.15, -0.1) is 0 Å². The van der Waals surface area contributed by atoms with Crippen LogP contribution in [0.25, 0.3) is 55.7 Å². The van der Waals surface area contributed by atoms with E-state index in [1.807, 2.05) is 24.3 Å². The molecule has 0 radical (unpaired) electrons. The lowest BCUT2D eigenvalue weighted by Gasteiger charge is -2.06. The normalized spacial score (nSPS) is 13.3. The summed E-state index contributed by atoms with van der Waals surface area (Å²) in [6.07, 6.45) is 8.71. The summed E-state index contributed by atoms with van der Waals surface area (Å²) in [6, 6.07) is 14.2. The fourth-order valence-corrected chi connectivity index (χ4v) is 4.55. The Morgan fingerprint density at radius 1 is 0.946 bits per heavy atom. The standard InChI is InChI=1S/C28H20FN7O/c29-18-5-3-15(4-6-18)20-7-8-31-27-21(20)10-24(34-27)26-22-11-23(32-14-25(22)35-36-26)17-9-19(13-30-12-17)33-28(37)16-1-2-16/h3-14,16H,1-2H2,(H,31,34)(H,33,37)(H,35,36). The molecule has 1 aliphatic rings. The molecule has 0 unspecified atom stereocenters. The van der Waals surface area contributed by atoms with Crippen LogP contribution in [0.4, 0.5) is 10.1 Å². The van der Waals surface area contributed by atoms with E-state index in [4.69, 9.17) is 0 Å². The van der Waals surface area contributed by atoms with Gasteiger partial charge < -0.3 is 10.3 Å². The molecule has 0 atom stereocenters. The summed E-state index contributed by atoms with van der Waals surface area (Å²) in [4.78, 5) is 28.9. The van der Waals surface area contributed by atoms with Gasteiger partial charge in [0, 0.05) is 34.6 Å². The molecular weight excluding hydrogens is 469 g/mol. The quantitative estimate of drug-likeness (QED) is 0.287. The largest absolute Gasteiger partial charge is 0.338 e. The number of H-pyrrole nitrogens is 2. The molecule has 1 amide bonds. The zero-order valence-corrected chi connectivity index (χ0v) is 19.5. The average molecular weight is 490 g/mol. The zero-order chi connectivity index (χ0) is 24.9. The van der Waals surface area contributed by atoms with E-state index in [1.165, 1.54) is 12.1 Å². The fraction of sp³-hybridized carbons (Fsp3) is 0.107. The Morgan fingerprint density at radius 3 is 2.65 bits per heavy atom. The molecule has 9 heteroatoms. The third kappa shape index (κ3) is 3.90. The Morgan fingerprint density at radius 2 is 1.81 bits per heavy atom. The van der Waals surface area contributed by atoms with Gasteiger partial charge in [-0.25, -0.2) is 9.37 Å². The minimum Gasteiger partial charge on any atom is -0.338 e. The van der Waals surface area contributed by atoms with Crippen LogP contribution in [0.3, 0.4) is 0 Å². The molecule has 0 spiro atoms. The number of benzene rings is 1. The SMILES string of the molecule is O=C(Nc1cncc(-c2cc3c(-c4cc5c(-c6ccc(F)cc6)ccnc5[nH]4)n[nH]c3cn2)c1)C1CC1. The third-order valence-corrected chi connectivity index (χ3v) is 6.64. The topological polar surface area (TPSA) is 112 Å². The van der Waals surface area contributed by atoms with Gasteiger partial charge in [-0.05, 0) is 60.4 Å². The van der Waals surface area contributed by atoms with E-state index in [-0.39, 0.29) is 17.6 Å².